The molecule has 0 spiro atoms. The van der Waals surface area contributed by atoms with Crippen molar-refractivity contribution in [2.24, 2.45) is 35.1 Å². The molecule has 550 valence electrons. The smallest absolute Gasteiger partial charge is 0.305 e. The van der Waals surface area contributed by atoms with Crippen LogP contribution in [0.5, 0.6) is 5.75 Å². The maximum absolute atomic E-state index is 15.3. The topological polar surface area (TPSA) is 428 Å². The van der Waals surface area contributed by atoms with Gasteiger partial charge in [0, 0.05) is 73.7 Å². The standard InChI is InChI=1S/C68H99F2N15O13S2/c69-42-11-15-48-46(25-42)40(29-74-48)23-51-63(93)80-52(24-41-30-75-49-16-12-43(70)26-47(41)49)64(94)82-54(28-60(89)90)66(96)81-53(27-44-31-73-36-77-44)65(95)83-55(22-37-9-13-45(86)14-10-37)68(98)85-19-4-8-57(85)67(97)84-56(61(72)91)35-100-34-39-6-3-5-38(21-39)33-99-20-17-58(87)78-50(7-1-2-18-71)62(92)76-32-59(88)79-51/h3,5-6,9-10,13-14,21,40-44,46-57,73-75,77,86H,1-2,4,7-8,11-12,15-20,22-36,71H2,(H2,72,91)(H,76,92)(H,78,87)(H,79,88)(H,80,93)(H,81,96)(H,82,94)(H,83,95)(H,84,97)(H,89,90)/t40?,41?,42?,43?,44?,46?,47?,48?,49?,50-,51-,52-,53-,54-,55+,56-,57-/m0/s1. The van der Waals surface area contributed by atoms with Gasteiger partial charge < -0.3 is 90.4 Å². The normalized spacial score (nSPS) is 32.4. The molecule has 7 aliphatic rings. The highest BCUT2D eigenvalue weighted by molar-refractivity contribution is 7.98. The molecule has 28 nitrogen and oxygen atoms in total. The molecule has 100 heavy (non-hydrogen) atoms. The Morgan fingerprint density at radius 1 is 0.620 bits per heavy atom. The highest BCUT2D eigenvalue weighted by atomic mass is 32.2. The number of carbonyl (C=O) groups excluding carboxylic acids is 10. The minimum atomic E-state index is -1.93. The molecule has 2 bridgehead atoms. The summed E-state index contributed by atoms with van der Waals surface area (Å²) in [6.07, 6.45) is 0.0496. The van der Waals surface area contributed by atoms with Crippen LogP contribution in [0, 0.1) is 23.7 Å². The molecule has 10 amide bonds. The third kappa shape index (κ3) is 22.4. The summed E-state index contributed by atoms with van der Waals surface area (Å²) in [5, 5.41) is 55.5. The summed E-state index contributed by atoms with van der Waals surface area (Å²) in [5.74, 6) is -9.55. The number of nitrogens with one attached hydrogen (secondary N) is 12. The maximum atomic E-state index is 15.3. The summed E-state index contributed by atoms with van der Waals surface area (Å²) in [4.78, 5) is 158. The lowest BCUT2D eigenvalue weighted by Crippen LogP contribution is -2.61. The number of alkyl halides is 2. The Kier molecular flexibility index (Phi) is 28.9. The van der Waals surface area contributed by atoms with E-state index in [4.69, 9.17) is 11.5 Å². The summed E-state index contributed by atoms with van der Waals surface area (Å²) < 4.78 is 30.4. The van der Waals surface area contributed by atoms with Crippen molar-refractivity contribution in [2.75, 3.05) is 57.4 Å². The number of hydrogen-bond donors (Lipinski definition) is 16. The molecule has 0 aromatic heterocycles. The molecule has 5 aliphatic heterocycles. The summed E-state index contributed by atoms with van der Waals surface area (Å²) in [7, 11) is 0. The van der Waals surface area contributed by atoms with Crippen LogP contribution in [0.2, 0.25) is 0 Å². The first kappa shape index (κ1) is 76.9. The number of carbonyl (C=O) groups is 11. The molecule has 2 saturated carbocycles. The average molecular weight is 1440 g/mol. The van der Waals surface area contributed by atoms with Gasteiger partial charge in [0.2, 0.25) is 59.1 Å². The van der Waals surface area contributed by atoms with Crippen molar-refractivity contribution >= 4 is 88.6 Å². The molecule has 9 rings (SSSR count). The van der Waals surface area contributed by atoms with Crippen molar-refractivity contribution in [2.45, 2.75) is 199 Å². The van der Waals surface area contributed by atoms with Gasteiger partial charge in [0.25, 0.3) is 0 Å². The number of phenols is 1. The molecule has 0 radical (unpaired) electrons. The number of fused-ring (bicyclic) bond motifs is 5. The molecule has 17 atom stereocenters. The maximum Gasteiger partial charge on any atom is 0.305 e. The Bertz CT molecular complexity index is 3200. The van der Waals surface area contributed by atoms with Crippen LogP contribution in [-0.2, 0) is 70.7 Å². The number of benzene rings is 2. The van der Waals surface area contributed by atoms with E-state index in [1.54, 1.807) is 12.1 Å². The van der Waals surface area contributed by atoms with Crippen LogP contribution in [-0.4, -0.2) is 216 Å². The van der Waals surface area contributed by atoms with Crippen molar-refractivity contribution in [3.05, 3.63) is 65.2 Å². The van der Waals surface area contributed by atoms with Crippen LogP contribution in [0.1, 0.15) is 119 Å². The number of unbranched alkanes of at least 4 members (excludes halogenated alkanes) is 1. The molecule has 2 aliphatic carbocycles. The van der Waals surface area contributed by atoms with E-state index in [-0.39, 0.29) is 106 Å². The number of rotatable bonds is 15. The van der Waals surface area contributed by atoms with Gasteiger partial charge in [-0.25, -0.2) is 8.78 Å². The van der Waals surface area contributed by atoms with Gasteiger partial charge in [-0.05, 0) is 162 Å². The summed E-state index contributed by atoms with van der Waals surface area (Å²) in [6, 6.07) is 1.70. The van der Waals surface area contributed by atoms with Crippen LogP contribution in [0.15, 0.2) is 48.5 Å². The molecule has 18 N–H and O–H groups in total. The molecule has 9 unspecified atom stereocenters. The number of hydrogen-bond acceptors (Lipinski definition) is 19. The zero-order chi connectivity index (χ0) is 71.4. The fourth-order valence-corrected chi connectivity index (χ4v) is 17.0. The molecule has 2 aromatic carbocycles. The zero-order valence-corrected chi connectivity index (χ0v) is 57.9. The molecule has 4 saturated heterocycles. The first-order valence-corrected chi connectivity index (χ1v) is 37.5. The van der Waals surface area contributed by atoms with Crippen LogP contribution in [0.4, 0.5) is 8.78 Å². The molecular weight excluding hydrogens is 1340 g/mol. The van der Waals surface area contributed by atoms with Gasteiger partial charge in [0.1, 0.15) is 66.4 Å². The second-order valence-corrected chi connectivity index (χ2v) is 29.8. The number of carboxylic acids is 1. The third-order valence-corrected chi connectivity index (χ3v) is 22.5. The van der Waals surface area contributed by atoms with E-state index in [0.717, 1.165) is 11.1 Å². The Balaban J connectivity index is 1.02. The second-order valence-electron chi connectivity index (χ2n) is 27.7. The van der Waals surface area contributed by atoms with Crippen molar-refractivity contribution < 1.29 is 71.7 Å². The molecule has 2 aromatic rings. The van der Waals surface area contributed by atoms with Gasteiger partial charge >= 0.3 is 5.97 Å². The number of amides is 10. The number of nitrogens with zero attached hydrogens (tertiary/aromatic N) is 1. The summed E-state index contributed by atoms with van der Waals surface area (Å²) in [6.45, 7) is 1.05. The van der Waals surface area contributed by atoms with Gasteiger partial charge in [-0.2, -0.15) is 23.5 Å². The van der Waals surface area contributed by atoms with Crippen molar-refractivity contribution in [1.82, 2.24) is 68.7 Å². The van der Waals surface area contributed by atoms with E-state index in [9.17, 15) is 43.8 Å². The molecule has 5 heterocycles. The highest BCUT2D eigenvalue weighted by Crippen LogP contribution is 2.40. The first-order chi connectivity index (χ1) is 48.1. The number of halogens is 2. The fraction of sp³-hybridized carbons (Fsp3) is 0.662. The Morgan fingerprint density at radius 2 is 1.21 bits per heavy atom. The van der Waals surface area contributed by atoms with Crippen molar-refractivity contribution in [3.63, 3.8) is 0 Å². The van der Waals surface area contributed by atoms with Gasteiger partial charge in [-0.3, -0.25) is 52.7 Å². The monoisotopic (exact) mass is 1440 g/mol. The van der Waals surface area contributed by atoms with Gasteiger partial charge in [-0.1, -0.05) is 36.4 Å². The Morgan fingerprint density at radius 3 is 1.82 bits per heavy atom. The number of phenolic OH excluding ortho intramolecular Hbond substituents is 1. The molecule has 6 fully saturated rings. The SMILES string of the molecule is NCCCC[C@@H]1NC(=O)CCSCc2cccc(c2)CSC[C@@H](C(N)=O)NC(=O)[C@@H]2CCCN2C(=O)[C@@H](Cc2ccc(O)cc2)NC(=O)[C@H](CC2CNCN2)NC(=O)[C@H](CC(=O)O)NC(=O)[C@H](CC2CNC3CCC(F)CC23)NC(=O)[C@H](CC2CNC3CCC(F)CC23)NC(=O)CNC1=O. The number of aromatic hydroxyl groups is 1. The van der Waals surface area contributed by atoms with Crippen molar-refractivity contribution in [1.29, 1.82) is 0 Å². The number of primary amides is 1. The minimum Gasteiger partial charge on any atom is -0.508 e. The van der Waals surface area contributed by atoms with E-state index >= 15 is 28.0 Å². The highest BCUT2D eigenvalue weighted by Gasteiger charge is 2.46. The summed E-state index contributed by atoms with van der Waals surface area (Å²) in [5.41, 5.74) is 14.0. The number of carboxylic acid groups (broad SMARTS) is 1. The van der Waals surface area contributed by atoms with Crippen LogP contribution < -0.4 is 75.3 Å². The fourth-order valence-electron chi connectivity index (χ4n) is 15.1. The quantitative estimate of drug-likeness (QED) is 0.0974. The Labute approximate surface area is 589 Å². The van der Waals surface area contributed by atoms with Gasteiger partial charge in [0.05, 0.1) is 13.0 Å². The van der Waals surface area contributed by atoms with Crippen molar-refractivity contribution in [3.8, 4) is 5.75 Å². The predicted octanol–water partition coefficient (Wildman–Crippen LogP) is -0.764. The van der Waals surface area contributed by atoms with E-state index in [2.05, 4.69) is 63.8 Å². The summed E-state index contributed by atoms with van der Waals surface area (Å²) >= 11 is 2.84. The minimum absolute atomic E-state index is 0.0429. The lowest BCUT2D eigenvalue weighted by Gasteiger charge is -2.34. The van der Waals surface area contributed by atoms with Crippen LogP contribution in [0.3, 0.4) is 0 Å². The van der Waals surface area contributed by atoms with Gasteiger partial charge in [0.15, 0.2) is 0 Å². The lowest BCUT2D eigenvalue weighted by molar-refractivity contribution is -0.143. The van der Waals surface area contributed by atoms with E-state index in [0.29, 0.717) is 101 Å². The average Bonchev–Trinajstić information content (AvgIpc) is 1.64. The van der Waals surface area contributed by atoms with E-state index in [1.165, 1.54) is 40.6 Å². The van der Waals surface area contributed by atoms with E-state index in [1.807, 2.05) is 24.3 Å². The van der Waals surface area contributed by atoms with Crippen LogP contribution >= 0.6 is 23.5 Å². The van der Waals surface area contributed by atoms with Crippen LogP contribution in [0.25, 0.3) is 0 Å². The molecular formula is C68H99F2N15O13S2. The third-order valence-electron chi connectivity index (χ3n) is 20.4. The second kappa shape index (κ2) is 37.6. The number of aliphatic carboxylic acids is 1. The largest absolute Gasteiger partial charge is 0.508 e. The molecule has 32 heteroatoms. The Hall–Kier alpha value is -7.23. The zero-order valence-electron chi connectivity index (χ0n) is 56.3. The van der Waals surface area contributed by atoms with Gasteiger partial charge in [-0.15, -0.1) is 0 Å². The number of nitrogens with two attached hydrogens (primary N) is 2. The van der Waals surface area contributed by atoms with E-state index < -0.39 is 151 Å². The number of thioether (sulfide) groups is 2. The first-order valence-electron chi connectivity index (χ1n) is 35.2. The predicted molar refractivity (Wildman–Crippen MR) is 369 cm³/mol. The lowest BCUT2D eigenvalue weighted by atomic mass is 9.76.